The van der Waals surface area contributed by atoms with Gasteiger partial charge in [0.15, 0.2) is 11.5 Å². The van der Waals surface area contributed by atoms with Gasteiger partial charge in [0.1, 0.15) is 0 Å². The van der Waals surface area contributed by atoms with E-state index in [0.717, 1.165) is 30.4 Å². The van der Waals surface area contributed by atoms with Crippen molar-refractivity contribution in [3.05, 3.63) is 53.6 Å². The van der Waals surface area contributed by atoms with Crippen LogP contribution in [-0.4, -0.2) is 29.2 Å². The summed E-state index contributed by atoms with van der Waals surface area (Å²) in [6.07, 6.45) is 3.79. The maximum atomic E-state index is 12.4. The standard InChI is InChI=1S/C21H26O5S/c1-16-5-8-18(9-6-16)27(22,23)26-14-13-21(11-4-12-21)17-7-10-19(24-2)20(15-17)25-3/h5-10,15H,4,11-14H2,1-3H3. The molecule has 6 heteroatoms. The van der Waals surface area contributed by atoms with Crippen molar-refractivity contribution < 1.29 is 22.1 Å². The molecule has 0 radical (unpaired) electrons. The average Bonchev–Trinajstić information content (AvgIpc) is 2.63. The second-order valence-electron chi connectivity index (χ2n) is 7.04. The number of hydrogen-bond acceptors (Lipinski definition) is 5. The van der Waals surface area contributed by atoms with Crippen LogP contribution >= 0.6 is 0 Å². The minimum Gasteiger partial charge on any atom is -0.493 e. The van der Waals surface area contributed by atoms with Crippen LogP contribution in [0.5, 0.6) is 11.5 Å². The van der Waals surface area contributed by atoms with Crippen molar-refractivity contribution in [3.63, 3.8) is 0 Å². The summed E-state index contributed by atoms with van der Waals surface area (Å²) < 4.78 is 40.8. The van der Waals surface area contributed by atoms with Gasteiger partial charge in [-0.05, 0) is 61.4 Å². The van der Waals surface area contributed by atoms with Crippen molar-refractivity contribution in [2.75, 3.05) is 20.8 Å². The molecule has 2 aromatic carbocycles. The van der Waals surface area contributed by atoms with Crippen molar-refractivity contribution in [1.82, 2.24) is 0 Å². The van der Waals surface area contributed by atoms with E-state index in [1.54, 1.807) is 38.5 Å². The minimum atomic E-state index is -3.73. The normalized spacial score (nSPS) is 15.8. The third-order valence-electron chi connectivity index (χ3n) is 5.44. The summed E-state index contributed by atoms with van der Waals surface area (Å²) in [6, 6.07) is 12.6. The molecule has 0 unspecified atom stereocenters. The average molecular weight is 391 g/mol. The predicted octanol–water partition coefficient (Wildman–Crippen LogP) is 4.23. The quantitative estimate of drug-likeness (QED) is 0.631. The minimum absolute atomic E-state index is 0.0671. The molecule has 0 bridgehead atoms. The van der Waals surface area contributed by atoms with E-state index in [2.05, 4.69) is 0 Å². The Morgan fingerprint density at radius 1 is 0.963 bits per heavy atom. The Hall–Kier alpha value is -2.05. The smallest absolute Gasteiger partial charge is 0.296 e. The summed E-state index contributed by atoms with van der Waals surface area (Å²) in [5.74, 6) is 1.38. The lowest BCUT2D eigenvalue weighted by Crippen LogP contribution is -2.35. The maximum Gasteiger partial charge on any atom is 0.296 e. The zero-order valence-electron chi connectivity index (χ0n) is 16.0. The third kappa shape index (κ3) is 4.12. The van der Waals surface area contributed by atoms with Crippen LogP contribution in [0.3, 0.4) is 0 Å². The molecule has 5 nitrogen and oxygen atoms in total. The van der Waals surface area contributed by atoms with Gasteiger partial charge in [0.05, 0.1) is 25.7 Å². The van der Waals surface area contributed by atoms with Crippen LogP contribution < -0.4 is 9.47 Å². The van der Waals surface area contributed by atoms with E-state index in [4.69, 9.17) is 13.7 Å². The van der Waals surface area contributed by atoms with E-state index in [9.17, 15) is 8.42 Å². The number of ether oxygens (including phenoxy) is 2. The van der Waals surface area contributed by atoms with Crippen LogP contribution in [0.1, 0.15) is 36.8 Å². The zero-order valence-corrected chi connectivity index (χ0v) is 16.8. The highest BCUT2D eigenvalue weighted by molar-refractivity contribution is 7.86. The molecular weight excluding hydrogens is 364 g/mol. The molecule has 1 saturated carbocycles. The summed E-state index contributed by atoms with van der Waals surface area (Å²) in [6.45, 7) is 2.07. The Balaban J connectivity index is 1.71. The SMILES string of the molecule is COc1ccc(C2(CCOS(=O)(=O)c3ccc(C)cc3)CCC2)cc1OC. The lowest BCUT2D eigenvalue weighted by Gasteiger charge is -2.42. The summed E-state index contributed by atoms with van der Waals surface area (Å²) in [4.78, 5) is 0.196. The molecule has 0 heterocycles. The van der Waals surface area contributed by atoms with Gasteiger partial charge in [0, 0.05) is 0 Å². The molecule has 1 fully saturated rings. The first-order valence-corrected chi connectivity index (χ1v) is 10.5. The first-order valence-electron chi connectivity index (χ1n) is 9.09. The highest BCUT2D eigenvalue weighted by Crippen LogP contribution is 2.48. The molecule has 0 spiro atoms. The van der Waals surface area contributed by atoms with Crippen LogP contribution in [0, 0.1) is 6.92 Å². The Bertz CT molecular complexity index is 883. The molecule has 3 rings (SSSR count). The Morgan fingerprint density at radius 2 is 1.63 bits per heavy atom. The number of rotatable bonds is 8. The number of benzene rings is 2. The van der Waals surface area contributed by atoms with Gasteiger partial charge in [-0.3, -0.25) is 4.18 Å². The van der Waals surface area contributed by atoms with Crippen molar-refractivity contribution in [2.45, 2.75) is 42.9 Å². The van der Waals surface area contributed by atoms with E-state index < -0.39 is 10.1 Å². The fourth-order valence-electron chi connectivity index (χ4n) is 3.57. The molecular formula is C21H26O5S. The van der Waals surface area contributed by atoms with Crippen molar-refractivity contribution in [3.8, 4) is 11.5 Å². The first-order chi connectivity index (χ1) is 12.9. The molecule has 2 aromatic rings. The topological polar surface area (TPSA) is 61.8 Å². The Kier molecular flexibility index (Phi) is 5.77. The van der Waals surface area contributed by atoms with Gasteiger partial charge in [-0.2, -0.15) is 8.42 Å². The molecule has 27 heavy (non-hydrogen) atoms. The van der Waals surface area contributed by atoms with Gasteiger partial charge in [-0.1, -0.05) is 30.2 Å². The molecule has 146 valence electrons. The lowest BCUT2D eigenvalue weighted by molar-refractivity contribution is 0.179. The maximum absolute atomic E-state index is 12.4. The predicted molar refractivity (Wildman–Crippen MR) is 104 cm³/mol. The van der Waals surface area contributed by atoms with Gasteiger partial charge < -0.3 is 9.47 Å². The summed E-state index contributed by atoms with van der Waals surface area (Å²) in [5, 5.41) is 0. The monoisotopic (exact) mass is 390 g/mol. The van der Waals surface area contributed by atoms with E-state index in [1.165, 1.54) is 0 Å². The fourth-order valence-corrected chi connectivity index (χ4v) is 4.48. The number of aryl methyl sites for hydroxylation is 1. The molecule has 1 aliphatic rings. The number of methoxy groups -OCH3 is 2. The molecule has 0 atom stereocenters. The van der Waals surface area contributed by atoms with E-state index in [1.807, 2.05) is 25.1 Å². The van der Waals surface area contributed by atoms with Crippen LogP contribution in [-0.2, 0) is 19.7 Å². The molecule has 0 amide bonds. The fraction of sp³-hybridized carbons (Fsp3) is 0.429. The second-order valence-corrected chi connectivity index (χ2v) is 8.66. The summed E-state index contributed by atoms with van der Waals surface area (Å²) in [7, 11) is -0.505. The third-order valence-corrected chi connectivity index (χ3v) is 6.76. The van der Waals surface area contributed by atoms with Gasteiger partial charge in [-0.25, -0.2) is 0 Å². The van der Waals surface area contributed by atoms with Crippen LogP contribution in [0.15, 0.2) is 47.4 Å². The summed E-state index contributed by atoms with van der Waals surface area (Å²) >= 11 is 0. The van der Waals surface area contributed by atoms with Crippen molar-refractivity contribution in [1.29, 1.82) is 0 Å². The van der Waals surface area contributed by atoms with Gasteiger partial charge in [0.25, 0.3) is 10.1 Å². The molecule has 0 aromatic heterocycles. The van der Waals surface area contributed by atoms with Gasteiger partial charge >= 0.3 is 0 Å². The van der Waals surface area contributed by atoms with Gasteiger partial charge in [0.2, 0.25) is 0 Å². The Morgan fingerprint density at radius 3 is 2.19 bits per heavy atom. The van der Waals surface area contributed by atoms with Crippen LogP contribution in [0.2, 0.25) is 0 Å². The van der Waals surface area contributed by atoms with E-state index >= 15 is 0 Å². The molecule has 0 aliphatic heterocycles. The highest BCUT2D eigenvalue weighted by atomic mass is 32.2. The molecule has 1 aliphatic carbocycles. The van der Waals surface area contributed by atoms with Crippen LogP contribution in [0.25, 0.3) is 0 Å². The Labute approximate surface area is 161 Å². The van der Waals surface area contributed by atoms with E-state index in [-0.39, 0.29) is 16.9 Å². The number of hydrogen-bond donors (Lipinski definition) is 0. The lowest BCUT2D eigenvalue weighted by atomic mass is 9.62. The van der Waals surface area contributed by atoms with Crippen molar-refractivity contribution in [2.24, 2.45) is 0 Å². The molecule has 0 N–H and O–H groups in total. The van der Waals surface area contributed by atoms with Crippen LogP contribution in [0.4, 0.5) is 0 Å². The van der Waals surface area contributed by atoms with E-state index in [0.29, 0.717) is 17.9 Å². The van der Waals surface area contributed by atoms with Crippen molar-refractivity contribution >= 4 is 10.1 Å². The highest BCUT2D eigenvalue weighted by Gasteiger charge is 2.39. The largest absolute Gasteiger partial charge is 0.493 e. The summed E-state index contributed by atoms with van der Waals surface area (Å²) in [5.41, 5.74) is 2.08. The zero-order chi connectivity index (χ0) is 19.5. The first kappa shape index (κ1) is 19.7. The van der Waals surface area contributed by atoms with Gasteiger partial charge in [-0.15, -0.1) is 0 Å². The molecule has 0 saturated heterocycles. The second kappa shape index (κ2) is 7.90.